The van der Waals surface area contributed by atoms with Gasteiger partial charge < -0.3 is 9.84 Å². The Labute approximate surface area is 181 Å². The van der Waals surface area contributed by atoms with Crippen LogP contribution in [0.25, 0.3) is 0 Å². The number of hydrogen-bond donors (Lipinski definition) is 1. The fourth-order valence-corrected chi connectivity index (χ4v) is 4.33. The number of aliphatic hydroxyl groups is 1. The third-order valence-electron chi connectivity index (χ3n) is 5.92. The number of fused-ring (bicyclic) bond motifs is 1. The lowest BCUT2D eigenvalue weighted by atomic mass is 9.84. The number of ether oxygens (including phenoxy) is 1. The normalized spacial score (nSPS) is 17.9. The summed E-state index contributed by atoms with van der Waals surface area (Å²) in [7, 11) is 1.98. The van der Waals surface area contributed by atoms with Crippen LogP contribution < -0.4 is 4.74 Å². The van der Waals surface area contributed by atoms with E-state index in [2.05, 4.69) is 17.0 Å². The SMILES string of the molecule is CN(Cc1ccccc1)[C@@H]1CCc2c(ccc(OCc3ccccc3)c2[N+](=O)[O-])[C@@H]1O. The number of likely N-dealkylation sites (N-methyl/N-ethyl adjacent to an activating group) is 1. The lowest BCUT2D eigenvalue weighted by Gasteiger charge is -2.36. The van der Waals surface area contributed by atoms with Crippen molar-refractivity contribution in [1.82, 2.24) is 4.90 Å². The Morgan fingerprint density at radius 3 is 2.32 bits per heavy atom. The summed E-state index contributed by atoms with van der Waals surface area (Å²) in [5, 5.41) is 23.0. The van der Waals surface area contributed by atoms with Gasteiger partial charge in [0.25, 0.3) is 0 Å². The minimum atomic E-state index is -0.792. The molecule has 1 aliphatic rings. The summed E-state index contributed by atoms with van der Waals surface area (Å²) < 4.78 is 5.81. The second-order valence-corrected chi connectivity index (χ2v) is 7.96. The standard InChI is InChI=1S/C25H26N2O4/c1-26(16-18-8-4-2-5-9-18)22-14-12-20-21(25(22)28)13-15-23(24(20)27(29)30)31-17-19-10-6-3-7-11-19/h2-11,13,15,22,25,28H,12,14,16-17H2,1H3/t22-,25+/m1/s1. The van der Waals surface area contributed by atoms with Gasteiger partial charge in [-0.05, 0) is 42.6 Å². The Balaban J connectivity index is 1.56. The van der Waals surface area contributed by atoms with Crippen LogP contribution in [0, 0.1) is 10.1 Å². The molecule has 0 amide bonds. The second-order valence-electron chi connectivity index (χ2n) is 7.96. The van der Waals surface area contributed by atoms with E-state index in [-0.39, 0.29) is 29.0 Å². The second kappa shape index (κ2) is 9.29. The molecule has 0 spiro atoms. The van der Waals surface area contributed by atoms with Crippen LogP contribution in [0.5, 0.6) is 5.75 Å². The van der Waals surface area contributed by atoms with Crippen LogP contribution in [-0.4, -0.2) is 28.0 Å². The van der Waals surface area contributed by atoms with Gasteiger partial charge in [0.15, 0.2) is 5.75 Å². The number of nitro benzene ring substituents is 1. The van der Waals surface area contributed by atoms with E-state index < -0.39 is 6.10 Å². The van der Waals surface area contributed by atoms with Crippen molar-refractivity contribution in [3.63, 3.8) is 0 Å². The Morgan fingerprint density at radius 2 is 1.68 bits per heavy atom. The highest BCUT2D eigenvalue weighted by atomic mass is 16.6. The minimum Gasteiger partial charge on any atom is -0.482 e. The lowest BCUT2D eigenvalue weighted by molar-refractivity contribution is -0.386. The molecule has 2 atom stereocenters. The van der Waals surface area contributed by atoms with E-state index in [1.165, 1.54) is 5.56 Å². The van der Waals surface area contributed by atoms with Gasteiger partial charge in [-0.15, -0.1) is 0 Å². The van der Waals surface area contributed by atoms with Gasteiger partial charge in [-0.2, -0.15) is 0 Å². The average Bonchev–Trinajstić information content (AvgIpc) is 2.78. The molecule has 6 heteroatoms. The topological polar surface area (TPSA) is 75.8 Å². The van der Waals surface area contributed by atoms with E-state index in [4.69, 9.17) is 4.74 Å². The molecule has 160 valence electrons. The molecule has 3 aromatic rings. The molecule has 0 radical (unpaired) electrons. The maximum absolute atomic E-state index is 11.9. The van der Waals surface area contributed by atoms with E-state index in [9.17, 15) is 15.2 Å². The Hall–Kier alpha value is -3.22. The molecule has 3 aromatic carbocycles. The fraction of sp³-hybridized carbons (Fsp3) is 0.280. The molecule has 0 fully saturated rings. The van der Waals surface area contributed by atoms with Crippen molar-refractivity contribution in [3.05, 3.63) is 105 Å². The third-order valence-corrected chi connectivity index (χ3v) is 5.92. The molecule has 0 bridgehead atoms. The maximum atomic E-state index is 11.9. The molecule has 0 unspecified atom stereocenters. The van der Waals surface area contributed by atoms with E-state index in [0.717, 1.165) is 5.56 Å². The molecule has 6 nitrogen and oxygen atoms in total. The van der Waals surface area contributed by atoms with Gasteiger partial charge in [0, 0.05) is 18.2 Å². The van der Waals surface area contributed by atoms with Gasteiger partial charge in [-0.3, -0.25) is 15.0 Å². The predicted octanol–water partition coefficient (Wildman–Crippen LogP) is 4.65. The number of nitro groups is 1. The van der Waals surface area contributed by atoms with E-state index in [1.54, 1.807) is 12.1 Å². The van der Waals surface area contributed by atoms with E-state index >= 15 is 0 Å². The monoisotopic (exact) mass is 418 g/mol. The highest BCUT2D eigenvalue weighted by Gasteiger charge is 2.36. The lowest BCUT2D eigenvalue weighted by Crippen LogP contribution is -2.39. The summed E-state index contributed by atoms with van der Waals surface area (Å²) in [6, 6.07) is 22.9. The highest BCUT2D eigenvalue weighted by molar-refractivity contribution is 5.58. The van der Waals surface area contributed by atoms with Crippen molar-refractivity contribution < 1.29 is 14.8 Å². The zero-order valence-electron chi connectivity index (χ0n) is 17.5. The first-order valence-electron chi connectivity index (χ1n) is 10.4. The van der Waals surface area contributed by atoms with Gasteiger partial charge in [0.05, 0.1) is 11.0 Å². The van der Waals surface area contributed by atoms with Crippen LogP contribution in [-0.2, 0) is 19.6 Å². The molecule has 0 saturated heterocycles. The summed E-state index contributed by atoms with van der Waals surface area (Å²) in [6.07, 6.45) is 0.370. The number of benzene rings is 3. The molecule has 4 rings (SSSR count). The molecule has 1 aliphatic carbocycles. The third kappa shape index (κ3) is 4.60. The van der Waals surface area contributed by atoms with Crippen LogP contribution in [0.1, 0.15) is 34.8 Å². The summed E-state index contributed by atoms with van der Waals surface area (Å²) >= 11 is 0. The smallest absolute Gasteiger partial charge is 0.314 e. The minimum absolute atomic E-state index is 0.0309. The molecule has 0 aromatic heterocycles. The van der Waals surface area contributed by atoms with Crippen LogP contribution in [0.2, 0.25) is 0 Å². The maximum Gasteiger partial charge on any atom is 0.314 e. The fourth-order valence-electron chi connectivity index (χ4n) is 4.33. The molecule has 31 heavy (non-hydrogen) atoms. The van der Waals surface area contributed by atoms with Crippen molar-refractivity contribution in [2.75, 3.05) is 7.05 Å². The molecule has 0 heterocycles. The first-order valence-corrected chi connectivity index (χ1v) is 10.4. The summed E-state index contributed by atoms with van der Waals surface area (Å²) in [6.45, 7) is 0.962. The Bertz CT molecular complexity index is 1040. The van der Waals surface area contributed by atoms with Gasteiger partial charge in [0.2, 0.25) is 0 Å². The average molecular weight is 418 g/mol. The first kappa shape index (κ1) is 21.0. The van der Waals surface area contributed by atoms with Gasteiger partial charge >= 0.3 is 5.69 Å². The molecular formula is C25H26N2O4. The van der Waals surface area contributed by atoms with Crippen molar-refractivity contribution in [1.29, 1.82) is 0 Å². The van der Waals surface area contributed by atoms with Crippen LogP contribution in [0.4, 0.5) is 5.69 Å². The largest absolute Gasteiger partial charge is 0.482 e. The summed E-state index contributed by atoms with van der Waals surface area (Å²) in [4.78, 5) is 13.6. The Kier molecular flexibility index (Phi) is 6.30. The first-order chi connectivity index (χ1) is 15.0. The molecule has 0 aliphatic heterocycles. The zero-order valence-corrected chi connectivity index (χ0v) is 17.5. The van der Waals surface area contributed by atoms with E-state index in [0.29, 0.717) is 30.5 Å². The van der Waals surface area contributed by atoms with Crippen molar-refractivity contribution in [2.45, 2.75) is 38.1 Å². The number of aliphatic hydroxyl groups excluding tert-OH is 1. The number of hydrogen-bond acceptors (Lipinski definition) is 5. The van der Waals surface area contributed by atoms with E-state index in [1.807, 2.05) is 55.6 Å². The van der Waals surface area contributed by atoms with Crippen molar-refractivity contribution in [2.24, 2.45) is 0 Å². The number of nitrogens with zero attached hydrogens (tertiary/aromatic N) is 2. The van der Waals surface area contributed by atoms with Gasteiger partial charge in [-0.25, -0.2) is 0 Å². The zero-order chi connectivity index (χ0) is 21.8. The Morgan fingerprint density at radius 1 is 1.03 bits per heavy atom. The molecular weight excluding hydrogens is 392 g/mol. The summed E-state index contributed by atoms with van der Waals surface area (Å²) in [5.74, 6) is 0.246. The van der Waals surface area contributed by atoms with Crippen LogP contribution in [0.15, 0.2) is 72.8 Å². The predicted molar refractivity (Wildman–Crippen MR) is 119 cm³/mol. The van der Waals surface area contributed by atoms with Crippen molar-refractivity contribution in [3.8, 4) is 5.75 Å². The highest BCUT2D eigenvalue weighted by Crippen LogP contribution is 2.42. The summed E-state index contributed by atoms with van der Waals surface area (Å²) in [5.41, 5.74) is 3.27. The number of rotatable bonds is 7. The quantitative estimate of drug-likeness (QED) is 0.446. The molecule has 1 N–H and O–H groups in total. The van der Waals surface area contributed by atoms with Crippen LogP contribution in [0.3, 0.4) is 0 Å². The van der Waals surface area contributed by atoms with Crippen molar-refractivity contribution >= 4 is 5.69 Å². The molecule has 0 saturated carbocycles. The van der Waals surface area contributed by atoms with Gasteiger partial charge in [-0.1, -0.05) is 66.7 Å². The van der Waals surface area contributed by atoms with Crippen LogP contribution >= 0.6 is 0 Å². The van der Waals surface area contributed by atoms with Gasteiger partial charge in [0.1, 0.15) is 6.61 Å².